The fraction of sp³-hybridized carbons (Fsp3) is 0.160. The van der Waals surface area contributed by atoms with Crippen molar-refractivity contribution in [2.75, 3.05) is 11.1 Å². The third-order valence-corrected chi connectivity index (χ3v) is 5.48. The van der Waals surface area contributed by atoms with E-state index in [1.165, 1.54) is 17.1 Å². The summed E-state index contributed by atoms with van der Waals surface area (Å²) in [5, 5.41) is 5.88. The van der Waals surface area contributed by atoms with Crippen molar-refractivity contribution in [3.8, 4) is 5.75 Å². The van der Waals surface area contributed by atoms with Crippen LogP contribution in [0.15, 0.2) is 78.0 Å². The zero-order valence-corrected chi connectivity index (χ0v) is 18.3. The fourth-order valence-electron chi connectivity index (χ4n) is 3.25. The summed E-state index contributed by atoms with van der Waals surface area (Å²) < 4.78 is 5.95. The minimum atomic E-state index is -0.0969. The lowest BCUT2D eigenvalue weighted by Crippen LogP contribution is -2.14. The maximum Gasteiger partial charge on any atom is 0.234 e. The molecule has 0 saturated heterocycles. The molecule has 5 nitrogen and oxygen atoms in total. The third-order valence-electron chi connectivity index (χ3n) is 4.63. The number of thioether (sulfide) groups is 1. The molecule has 0 saturated carbocycles. The van der Waals surface area contributed by atoms with E-state index in [0.717, 1.165) is 33.8 Å². The van der Waals surface area contributed by atoms with Crippen LogP contribution >= 0.6 is 11.8 Å². The normalized spacial score (nSPS) is 10.8. The number of amides is 1. The number of aromatic nitrogens is 2. The van der Waals surface area contributed by atoms with Gasteiger partial charge in [-0.05, 0) is 60.5 Å². The van der Waals surface area contributed by atoms with Gasteiger partial charge in [-0.1, -0.05) is 54.2 Å². The Labute approximate surface area is 185 Å². The Morgan fingerprint density at radius 2 is 1.68 bits per heavy atom. The van der Waals surface area contributed by atoms with Gasteiger partial charge in [0.05, 0.1) is 5.75 Å². The van der Waals surface area contributed by atoms with Crippen molar-refractivity contribution in [3.63, 3.8) is 0 Å². The van der Waals surface area contributed by atoms with Crippen LogP contribution in [-0.4, -0.2) is 21.6 Å². The molecule has 0 unspecified atom stereocenters. The number of carbonyl (C=O) groups is 1. The minimum Gasteiger partial charge on any atom is -0.489 e. The molecule has 0 spiro atoms. The van der Waals surface area contributed by atoms with Gasteiger partial charge in [-0.3, -0.25) is 4.79 Å². The summed E-state index contributed by atoms with van der Waals surface area (Å²) in [6.45, 7) is 4.27. The number of anilines is 1. The zero-order chi connectivity index (χ0) is 21.6. The van der Waals surface area contributed by atoms with Gasteiger partial charge < -0.3 is 10.1 Å². The molecular formula is C25H23N3O2S. The molecule has 4 aromatic rings. The van der Waals surface area contributed by atoms with Crippen LogP contribution in [0.4, 0.5) is 5.69 Å². The monoisotopic (exact) mass is 429 g/mol. The summed E-state index contributed by atoms with van der Waals surface area (Å²) in [6.07, 6.45) is 0. The van der Waals surface area contributed by atoms with Gasteiger partial charge in [0.25, 0.3) is 0 Å². The molecule has 6 heteroatoms. The van der Waals surface area contributed by atoms with E-state index in [-0.39, 0.29) is 11.7 Å². The van der Waals surface area contributed by atoms with Gasteiger partial charge in [0, 0.05) is 17.1 Å². The number of hydrogen-bond acceptors (Lipinski definition) is 5. The lowest BCUT2D eigenvalue weighted by atomic mass is 10.1. The van der Waals surface area contributed by atoms with Gasteiger partial charge in [-0.15, -0.1) is 0 Å². The van der Waals surface area contributed by atoms with Crippen molar-refractivity contribution in [2.24, 2.45) is 0 Å². The lowest BCUT2D eigenvalue weighted by Gasteiger charge is -2.10. The van der Waals surface area contributed by atoms with Gasteiger partial charge in [0.2, 0.25) is 5.91 Å². The number of fused-ring (bicyclic) bond motifs is 1. The Morgan fingerprint density at radius 1 is 0.903 bits per heavy atom. The second-order valence-electron chi connectivity index (χ2n) is 7.27. The smallest absolute Gasteiger partial charge is 0.234 e. The Hall–Kier alpha value is -3.38. The molecule has 156 valence electrons. The number of rotatable bonds is 7. The molecule has 4 rings (SSSR count). The molecule has 0 aliphatic heterocycles. The standard InChI is InChI=1S/C25H23N3O2S/c1-17-12-18(2)27-25(26-17)31-16-24(29)28-22-9-5-6-19(13-22)15-30-23-11-10-20-7-3-4-8-21(20)14-23/h3-14H,15-16H2,1-2H3,(H,28,29). The molecule has 0 fully saturated rings. The minimum absolute atomic E-state index is 0.0969. The van der Waals surface area contributed by atoms with Crippen LogP contribution in [0.5, 0.6) is 5.75 Å². The quantitative estimate of drug-likeness (QED) is 0.308. The first kappa shape index (κ1) is 20.9. The van der Waals surface area contributed by atoms with Crippen molar-refractivity contribution < 1.29 is 9.53 Å². The van der Waals surface area contributed by atoms with Gasteiger partial charge in [-0.25, -0.2) is 9.97 Å². The van der Waals surface area contributed by atoms with Gasteiger partial charge in [0.1, 0.15) is 12.4 Å². The fourth-order valence-corrected chi connectivity index (χ4v) is 4.00. The molecular weight excluding hydrogens is 406 g/mol. The van der Waals surface area contributed by atoms with Crippen molar-refractivity contribution in [3.05, 3.63) is 89.7 Å². The van der Waals surface area contributed by atoms with Crippen LogP contribution in [0, 0.1) is 13.8 Å². The molecule has 0 aliphatic carbocycles. The Bertz CT molecular complexity index is 1210. The second-order valence-corrected chi connectivity index (χ2v) is 8.21. The van der Waals surface area contributed by atoms with Crippen molar-refractivity contribution in [2.45, 2.75) is 25.6 Å². The van der Waals surface area contributed by atoms with Crippen LogP contribution in [0.25, 0.3) is 10.8 Å². The maximum absolute atomic E-state index is 12.4. The molecule has 0 atom stereocenters. The summed E-state index contributed by atoms with van der Waals surface area (Å²) in [7, 11) is 0. The molecule has 1 aromatic heterocycles. The molecule has 1 amide bonds. The number of hydrogen-bond donors (Lipinski definition) is 1. The highest BCUT2D eigenvalue weighted by molar-refractivity contribution is 7.99. The number of carbonyl (C=O) groups excluding carboxylic acids is 1. The maximum atomic E-state index is 12.4. The number of nitrogens with zero attached hydrogens (tertiary/aromatic N) is 2. The average molecular weight is 430 g/mol. The van der Waals surface area contributed by atoms with Crippen molar-refractivity contribution in [1.82, 2.24) is 9.97 Å². The molecule has 3 aromatic carbocycles. The van der Waals surface area contributed by atoms with Crippen molar-refractivity contribution in [1.29, 1.82) is 0 Å². The summed E-state index contributed by atoms with van der Waals surface area (Å²) in [6, 6.07) is 23.9. The zero-order valence-electron chi connectivity index (χ0n) is 17.5. The highest BCUT2D eigenvalue weighted by Gasteiger charge is 2.07. The second kappa shape index (κ2) is 9.62. The molecule has 1 heterocycles. The first-order valence-corrected chi connectivity index (χ1v) is 11.0. The van der Waals surface area contributed by atoms with Gasteiger partial charge >= 0.3 is 0 Å². The van der Waals surface area contributed by atoms with Crippen LogP contribution in [0.1, 0.15) is 17.0 Å². The lowest BCUT2D eigenvalue weighted by molar-refractivity contribution is -0.113. The van der Waals surface area contributed by atoms with Crippen molar-refractivity contribution >= 4 is 34.1 Å². The van der Waals surface area contributed by atoms with E-state index in [2.05, 4.69) is 33.5 Å². The van der Waals surface area contributed by atoms with E-state index < -0.39 is 0 Å². The molecule has 0 aliphatic rings. The van der Waals surface area contributed by atoms with Crippen LogP contribution < -0.4 is 10.1 Å². The van der Waals surface area contributed by atoms with E-state index in [4.69, 9.17) is 4.74 Å². The Balaban J connectivity index is 1.33. The highest BCUT2D eigenvalue weighted by Crippen LogP contribution is 2.22. The summed E-state index contributed by atoms with van der Waals surface area (Å²) >= 11 is 1.33. The average Bonchev–Trinajstić information content (AvgIpc) is 2.76. The van der Waals surface area contributed by atoms with Crippen LogP contribution in [-0.2, 0) is 11.4 Å². The SMILES string of the molecule is Cc1cc(C)nc(SCC(=O)Nc2cccc(COc3ccc4ccccc4c3)c2)n1. The first-order valence-electron chi connectivity index (χ1n) is 10.0. The largest absolute Gasteiger partial charge is 0.489 e. The predicted octanol–water partition coefficient (Wildman–Crippen LogP) is 5.56. The molecule has 0 radical (unpaired) electrons. The van der Waals surface area contributed by atoms with E-state index in [0.29, 0.717) is 11.8 Å². The Morgan fingerprint density at radius 3 is 2.48 bits per heavy atom. The predicted molar refractivity (Wildman–Crippen MR) is 126 cm³/mol. The van der Waals surface area contributed by atoms with E-state index >= 15 is 0 Å². The number of aryl methyl sites for hydroxylation is 2. The number of ether oxygens (including phenoxy) is 1. The molecule has 31 heavy (non-hydrogen) atoms. The van der Waals surface area contributed by atoms with Crippen LogP contribution in [0.2, 0.25) is 0 Å². The third kappa shape index (κ3) is 5.83. The van der Waals surface area contributed by atoms with Crippen LogP contribution in [0.3, 0.4) is 0 Å². The van der Waals surface area contributed by atoms with E-state index in [1.54, 1.807) is 0 Å². The summed E-state index contributed by atoms with van der Waals surface area (Å²) in [5.74, 6) is 0.971. The summed E-state index contributed by atoms with van der Waals surface area (Å²) in [5.41, 5.74) is 3.52. The first-order chi connectivity index (χ1) is 15.0. The summed E-state index contributed by atoms with van der Waals surface area (Å²) in [4.78, 5) is 21.1. The molecule has 1 N–H and O–H groups in total. The van der Waals surface area contributed by atoms with Gasteiger partial charge in [-0.2, -0.15) is 0 Å². The van der Waals surface area contributed by atoms with E-state index in [1.807, 2.05) is 68.4 Å². The number of benzene rings is 3. The topological polar surface area (TPSA) is 64.1 Å². The highest BCUT2D eigenvalue weighted by atomic mass is 32.2. The number of nitrogens with one attached hydrogen (secondary N) is 1. The van der Waals surface area contributed by atoms with E-state index in [9.17, 15) is 4.79 Å². The molecule has 0 bridgehead atoms. The Kier molecular flexibility index (Phi) is 6.48. The van der Waals surface area contributed by atoms with Gasteiger partial charge in [0.15, 0.2) is 5.16 Å².